The number of carbonyl (C=O) groups excluding carboxylic acids is 1. The molecule has 0 heterocycles. The van der Waals surface area contributed by atoms with Crippen LogP contribution in [0.3, 0.4) is 0 Å². The van der Waals surface area contributed by atoms with Gasteiger partial charge in [0.15, 0.2) is 0 Å². The fraction of sp³-hybridized carbons (Fsp3) is 0.158. The monoisotopic (exact) mass is 353 g/mol. The predicted octanol–water partition coefficient (Wildman–Crippen LogP) is 3.42. The molecule has 0 aromatic heterocycles. The maximum absolute atomic E-state index is 12.3. The number of methoxy groups -OCH3 is 1. The molecular weight excluding hydrogens is 334 g/mol. The molecule has 2 aromatic rings. The second-order valence-corrected chi connectivity index (χ2v) is 6.10. The topological polar surface area (TPSA) is 74.1 Å². The van der Waals surface area contributed by atoms with Gasteiger partial charge in [-0.15, -0.1) is 0 Å². The van der Waals surface area contributed by atoms with E-state index in [1.54, 1.807) is 18.9 Å². The Balaban J connectivity index is 2.09. The molecule has 0 aliphatic carbocycles. The molecule has 128 valence electrons. The van der Waals surface area contributed by atoms with Crippen LogP contribution >= 0.6 is 11.8 Å². The Morgan fingerprint density at radius 2 is 1.92 bits per heavy atom. The maximum atomic E-state index is 12.3. The summed E-state index contributed by atoms with van der Waals surface area (Å²) in [6.07, 6.45) is 1.40. The molecule has 0 spiro atoms. The molecule has 2 rings (SSSR count). The molecule has 2 N–H and O–H groups in total. The minimum absolute atomic E-state index is 0.00983. The van der Waals surface area contributed by atoms with Gasteiger partial charge in [0.2, 0.25) is 0 Å². The van der Waals surface area contributed by atoms with Crippen molar-refractivity contribution in [2.75, 3.05) is 25.6 Å². The maximum Gasteiger partial charge on any atom is 0.267 e. The summed E-state index contributed by atoms with van der Waals surface area (Å²) in [6, 6.07) is 19.3. The molecule has 0 aliphatic rings. The number of rotatable bonds is 8. The third kappa shape index (κ3) is 5.99. The lowest BCUT2D eigenvalue weighted by molar-refractivity contribution is -0.112. The number of anilines is 1. The highest BCUT2D eigenvalue weighted by Crippen LogP contribution is 2.33. The van der Waals surface area contributed by atoms with Gasteiger partial charge in [-0.3, -0.25) is 4.79 Å². The Hall–Kier alpha value is -2.75. The Morgan fingerprint density at radius 3 is 2.64 bits per heavy atom. The first-order valence-corrected chi connectivity index (χ1v) is 8.52. The van der Waals surface area contributed by atoms with Gasteiger partial charge >= 0.3 is 0 Å². The second kappa shape index (κ2) is 10.2. The smallest absolute Gasteiger partial charge is 0.267 e. The molecule has 5 nitrogen and oxygen atoms in total. The van der Waals surface area contributed by atoms with Crippen molar-refractivity contribution in [3.63, 3.8) is 0 Å². The first-order chi connectivity index (χ1) is 12.2. The van der Waals surface area contributed by atoms with Crippen LogP contribution in [0.5, 0.6) is 0 Å². The molecule has 0 radical (unpaired) electrons. The van der Waals surface area contributed by atoms with E-state index in [0.29, 0.717) is 18.8 Å². The van der Waals surface area contributed by atoms with Crippen LogP contribution in [0.25, 0.3) is 0 Å². The van der Waals surface area contributed by atoms with Crippen molar-refractivity contribution in [1.29, 1.82) is 5.26 Å². The number of amides is 1. The number of nitriles is 1. The van der Waals surface area contributed by atoms with E-state index < -0.39 is 5.91 Å². The van der Waals surface area contributed by atoms with Crippen molar-refractivity contribution in [3.8, 4) is 6.07 Å². The van der Waals surface area contributed by atoms with Crippen molar-refractivity contribution in [2.45, 2.75) is 9.79 Å². The molecule has 0 atom stereocenters. The van der Waals surface area contributed by atoms with Crippen LogP contribution in [0.2, 0.25) is 0 Å². The lowest BCUT2D eigenvalue weighted by atomic mass is 10.2. The second-order valence-electron chi connectivity index (χ2n) is 4.98. The molecule has 6 heteroatoms. The van der Waals surface area contributed by atoms with E-state index in [1.165, 1.54) is 6.20 Å². The fourth-order valence-electron chi connectivity index (χ4n) is 1.95. The summed E-state index contributed by atoms with van der Waals surface area (Å²) in [7, 11) is 1.59. The normalized spacial score (nSPS) is 10.8. The molecule has 0 bridgehead atoms. The number of para-hydroxylation sites is 1. The molecule has 0 saturated heterocycles. The van der Waals surface area contributed by atoms with Gasteiger partial charge in [-0.2, -0.15) is 5.26 Å². The number of nitrogens with one attached hydrogen (secondary N) is 2. The minimum atomic E-state index is -0.450. The first kappa shape index (κ1) is 18.6. The van der Waals surface area contributed by atoms with E-state index in [2.05, 4.69) is 10.6 Å². The lowest BCUT2D eigenvalue weighted by Gasteiger charge is -2.10. The standard InChI is InChI=1S/C19H19N3O2S/c1-24-12-11-21-14-15(13-20)19(23)22-17-9-5-6-10-18(17)25-16-7-3-2-4-8-16/h2-10,14,21H,11-12H2,1H3,(H,22,23)/b15-14-. The zero-order valence-electron chi connectivity index (χ0n) is 13.9. The van der Waals surface area contributed by atoms with E-state index in [0.717, 1.165) is 9.79 Å². The van der Waals surface area contributed by atoms with Crippen LogP contribution in [0, 0.1) is 11.3 Å². The lowest BCUT2D eigenvalue weighted by Crippen LogP contribution is -2.19. The average molecular weight is 353 g/mol. The van der Waals surface area contributed by atoms with E-state index in [9.17, 15) is 10.1 Å². The van der Waals surface area contributed by atoms with Gasteiger partial charge in [-0.1, -0.05) is 42.1 Å². The highest BCUT2D eigenvalue weighted by atomic mass is 32.2. The number of ether oxygens (including phenoxy) is 1. The van der Waals surface area contributed by atoms with Crippen molar-refractivity contribution >= 4 is 23.4 Å². The Bertz CT molecular complexity index is 770. The van der Waals surface area contributed by atoms with Gasteiger partial charge in [-0.25, -0.2) is 0 Å². The third-order valence-electron chi connectivity index (χ3n) is 3.17. The molecule has 1 amide bonds. The Morgan fingerprint density at radius 1 is 1.20 bits per heavy atom. The van der Waals surface area contributed by atoms with E-state index in [4.69, 9.17) is 4.74 Å². The van der Waals surface area contributed by atoms with Gasteiger partial charge in [0.1, 0.15) is 11.6 Å². The van der Waals surface area contributed by atoms with Crippen LogP contribution < -0.4 is 10.6 Å². The number of carbonyl (C=O) groups is 1. The minimum Gasteiger partial charge on any atom is -0.387 e. The zero-order chi connectivity index (χ0) is 17.9. The Labute approximate surface area is 151 Å². The summed E-state index contributed by atoms with van der Waals surface area (Å²) in [5.41, 5.74) is 0.676. The summed E-state index contributed by atoms with van der Waals surface area (Å²) in [4.78, 5) is 14.3. The van der Waals surface area contributed by atoms with E-state index in [1.807, 2.05) is 60.7 Å². The molecule has 2 aromatic carbocycles. The van der Waals surface area contributed by atoms with Crippen LogP contribution in [0.15, 0.2) is 76.2 Å². The van der Waals surface area contributed by atoms with Gasteiger partial charge in [-0.05, 0) is 24.3 Å². The predicted molar refractivity (Wildman–Crippen MR) is 99.2 cm³/mol. The molecule has 0 fully saturated rings. The first-order valence-electron chi connectivity index (χ1n) is 7.70. The van der Waals surface area contributed by atoms with Crippen molar-refractivity contribution in [3.05, 3.63) is 66.4 Å². The number of nitrogens with zero attached hydrogens (tertiary/aromatic N) is 1. The molecule has 25 heavy (non-hydrogen) atoms. The highest BCUT2D eigenvalue weighted by Gasteiger charge is 2.12. The molecule has 0 aliphatic heterocycles. The summed E-state index contributed by atoms with van der Waals surface area (Å²) in [5, 5.41) is 14.9. The Kier molecular flexibility index (Phi) is 7.57. The quantitative estimate of drug-likeness (QED) is 0.432. The fourth-order valence-corrected chi connectivity index (χ4v) is 2.87. The van der Waals surface area contributed by atoms with Crippen LogP contribution in [-0.2, 0) is 9.53 Å². The number of hydrogen-bond acceptors (Lipinski definition) is 5. The highest BCUT2D eigenvalue weighted by molar-refractivity contribution is 7.99. The summed E-state index contributed by atoms with van der Waals surface area (Å²) in [5.74, 6) is -0.450. The largest absolute Gasteiger partial charge is 0.387 e. The summed E-state index contributed by atoms with van der Waals surface area (Å²) < 4.78 is 4.91. The van der Waals surface area contributed by atoms with Crippen LogP contribution in [-0.4, -0.2) is 26.2 Å². The molecular formula is C19H19N3O2S. The summed E-state index contributed by atoms with van der Waals surface area (Å²) in [6.45, 7) is 1.02. The van der Waals surface area contributed by atoms with Crippen LogP contribution in [0.1, 0.15) is 0 Å². The average Bonchev–Trinajstić information content (AvgIpc) is 2.64. The van der Waals surface area contributed by atoms with Crippen molar-refractivity contribution < 1.29 is 9.53 Å². The van der Waals surface area contributed by atoms with Crippen molar-refractivity contribution in [2.24, 2.45) is 0 Å². The van der Waals surface area contributed by atoms with Gasteiger partial charge in [0.05, 0.1) is 12.3 Å². The van der Waals surface area contributed by atoms with Gasteiger partial charge in [0.25, 0.3) is 5.91 Å². The van der Waals surface area contributed by atoms with E-state index >= 15 is 0 Å². The zero-order valence-corrected chi connectivity index (χ0v) is 14.7. The van der Waals surface area contributed by atoms with E-state index in [-0.39, 0.29) is 5.57 Å². The van der Waals surface area contributed by atoms with Crippen LogP contribution in [0.4, 0.5) is 5.69 Å². The molecule has 0 saturated carbocycles. The summed E-state index contributed by atoms with van der Waals surface area (Å²) >= 11 is 1.55. The molecule has 0 unspecified atom stereocenters. The van der Waals surface area contributed by atoms with Gasteiger partial charge < -0.3 is 15.4 Å². The number of benzene rings is 2. The third-order valence-corrected chi connectivity index (χ3v) is 4.25. The SMILES string of the molecule is COCCN/C=C(/C#N)C(=O)Nc1ccccc1Sc1ccccc1. The van der Waals surface area contributed by atoms with Gasteiger partial charge in [0, 0.05) is 29.6 Å². The number of hydrogen-bond donors (Lipinski definition) is 2. The van der Waals surface area contributed by atoms with Crippen molar-refractivity contribution in [1.82, 2.24) is 5.32 Å².